The largest absolute Gasteiger partial charge is 0.393 e. The maximum absolute atomic E-state index is 11.6. The molecule has 0 aliphatic heterocycles. The van der Waals surface area contributed by atoms with Crippen LogP contribution in [0.3, 0.4) is 0 Å². The van der Waals surface area contributed by atoms with Crippen molar-refractivity contribution >= 4 is 0 Å². The Morgan fingerprint density at radius 1 is 1.00 bits per heavy atom. The van der Waals surface area contributed by atoms with Crippen molar-refractivity contribution in [3.8, 4) is 0 Å². The topological polar surface area (TPSA) is 60.7 Å². The van der Waals surface area contributed by atoms with E-state index in [0.29, 0.717) is 41.9 Å². The Bertz CT molecular complexity index is 756. The van der Waals surface area contributed by atoms with Crippen molar-refractivity contribution in [2.24, 2.45) is 46.3 Å². The highest BCUT2D eigenvalue weighted by Gasteiger charge is 2.64. The van der Waals surface area contributed by atoms with Crippen molar-refractivity contribution in [1.82, 2.24) is 0 Å². The van der Waals surface area contributed by atoms with E-state index in [9.17, 15) is 15.3 Å². The summed E-state index contributed by atoms with van der Waals surface area (Å²) in [4.78, 5) is 0. The third-order valence-corrected chi connectivity index (χ3v) is 11.0. The van der Waals surface area contributed by atoms with Crippen LogP contribution >= 0.6 is 0 Å². The van der Waals surface area contributed by atoms with Crippen LogP contribution in [-0.2, 0) is 0 Å². The highest BCUT2D eigenvalue weighted by Crippen LogP contribution is 2.67. The molecule has 0 aromatic heterocycles. The van der Waals surface area contributed by atoms with Gasteiger partial charge in [0.1, 0.15) is 11.7 Å². The predicted molar refractivity (Wildman–Crippen MR) is 131 cm³/mol. The van der Waals surface area contributed by atoms with Gasteiger partial charge in [0, 0.05) is 11.8 Å². The third kappa shape index (κ3) is 3.57. The van der Waals surface area contributed by atoms with Gasteiger partial charge in [-0.1, -0.05) is 65.3 Å². The van der Waals surface area contributed by atoms with Crippen LogP contribution in [0.15, 0.2) is 23.8 Å². The molecule has 32 heavy (non-hydrogen) atoms. The normalized spacial score (nSPS) is 48.2. The van der Waals surface area contributed by atoms with Gasteiger partial charge in [-0.3, -0.25) is 0 Å². The van der Waals surface area contributed by atoms with Crippen molar-refractivity contribution in [3.05, 3.63) is 23.8 Å². The fourth-order valence-electron chi connectivity index (χ4n) is 8.73. The van der Waals surface area contributed by atoms with Crippen molar-refractivity contribution in [2.75, 3.05) is 0 Å². The lowest BCUT2D eigenvalue weighted by molar-refractivity contribution is -0.210. The van der Waals surface area contributed by atoms with E-state index < -0.39 is 17.8 Å². The first-order chi connectivity index (χ1) is 15.0. The average molecular weight is 445 g/mol. The summed E-state index contributed by atoms with van der Waals surface area (Å²) in [6.45, 7) is 14.1. The summed E-state index contributed by atoms with van der Waals surface area (Å²) in [6, 6.07) is 0. The number of aliphatic hydroxyl groups excluding tert-OH is 2. The zero-order valence-corrected chi connectivity index (χ0v) is 21.3. The van der Waals surface area contributed by atoms with E-state index in [-0.39, 0.29) is 10.8 Å². The molecule has 3 heteroatoms. The van der Waals surface area contributed by atoms with Crippen molar-refractivity contribution in [2.45, 2.75) is 111 Å². The average Bonchev–Trinajstić information content (AvgIpc) is 3.08. The Labute approximate surface area is 196 Å². The van der Waals surface area contributed by atoms with Gasteiger partial charge < -0.3 is 15.3 Å². The molecule has 0 spiro atoms. The summed E-state index contributed by atoms with van der Waals surface area (Å²) < 4.78 is 0. The minimum atomic E-state index is -1.20. The van der Waals surface area contributed by atoms with Gasteiger partial charge >= 0.3 is 0 Å². The zero-order chi connectivity index (χ0) is 23.5. The molecule has 3 nitrogen and oxygen atoms in total. The summed E-state index contributed by atoms with van der Waals surface area (Å²) in [5.74, 6) is 3.44. The van der Waals surface area contributed by atoms with Gasteiger partial charge in [-0.15, -0.1) is 0 Å². The highest BCUT2D eigenvalue weighted by molar-refractivity contribution is 5.33. The fourth-order valence-corrected chi connectivity index (χ4v) is 8.73. The third-order valence-electron chi connectivity index (χ3n) is 11.0. The van der Waals surface area contributed by atoms with E-state index in [4.69, 9.17) is 0 Å². The molecule has 182 valence electrons. The molecule has 0 heterocycles. The predicted octanol–water partition coefficient (Wildman–Crippen LogP) is 5.89. The van der Waals surface area contributed by atoms with Crippen molar-refractivity contribution < 1.29 is 15.3 Å². The molecule has 0 aromatic carbocycles. The SMILES string of the molecule is CCC(/C=C/C(C)[C@H]1CC[C@H]2C3=C[C@@H](O)[C@@]4(O)C[C@@H](O)CC[C@]4(C)[C@H]3CC[C@]12C)C(C)C. The highest BCUT2D eigenvalue weighted by atomic mass is 16.3. The number of aliphatic hydroxyl groups is 3. The molecule has 2 unspecified atom stereocenters. The Morgan fingerprint density at radius 3 is 2.38 bits per heavy atom. The molecule has 0 aromatic rings. The number of fused-ring (bicyclic) bond motifs is 5. The van der Waals surface area contributed by atoms with Gasteiger partial charge in [0.2, 0.25) is 0 Å². The van der Waals surface area contributed by atoms with Crippen LogP contribution < -0.4 is 0 Å². The smallest absolute Gasteiger partial charge is 0.102 e. The fraction of sp³-hybridized carbons (Fsp3) is 0.862. The van der Waals surface area contributed by atoms with E-state index in [1.807, 2.05) is 6.08 Å². The Hall–Kier alpha value is -0.640. The molecular weight excluding hydrogens is 396 g/mol. The number of hydrogen-bond acceptors (Lipinski definition) is 3. The monoisotopic (exact) mass is 444 g/mol. The van der Waals surface area contributed by atoms with Gasteiger partial charge in [0.05, 0.1) is 6.10 Å². The molecule has 0 amide bonds. The first-order valence-electron chi connectivity index (χ1n) is 13.5. The van der Waals surface area contributed by atoms with E-state index >= 15 is 0 Å². The molecule has 3 fully saturated rings. The lowest BCUT2D eigenvalue weighted by Crippen LogP contribution is -2.65. The number of hydrogen-bond donors (Lipinski definition) is 3. The van der Waals surface area contributed by atoms with Crippen LogP contribution in [0.1, 0.15) is 92.9 Å². The number of allylic oxidation sites excluding steroid dienone is 3. The van der Waals surface area contributed by atoms with Crippen LogP contribution in [0.5, 0.6) is 0 Å². The van der Waals surface area contributed by atoms with Gasteiger partial charge in [-0.05, 0) is 85.9 Å². The molecule has 4 aliphatic rings. The summed E-state index contributed by atoms with van der Waals surface area (Å²) in [6.07, 6.45) is 13.4. The van der Waals surface area contributed by atoms with Crippen LogP contribution in [-0.4, -0.2) is 33.1 Å². The molecule has 3 N–H and O–H groups in total. The summed E-state index contributed by atoms with van der Waals surface area (Å²) >= 11 is 0. The zero-order valence-electron chi connectivity index (χ0n) is 21.3. The summed E-state index contributed by atoms with van der Waals surface area (Å²) in [5.41, 5.74) is 0.159. The van der Waals surface area contributed by atoms with Crippen LogP contribution in [0, 0.1) is 46.3 Å². The van der Waals surface area contributed by atoms with E-state index in [0.717, 1.165) is 19.3 Å². The van der Waals surface area contributed by atoms with Crippen molar-refractivity contribution in [1.29, 1.82) is 0 Å². The molecule has 0 bridgehead atoms. The van der Waals surface area contributed by atoms with Gasteiger partial charge in [0.15, 0.2) is 0 Å². The lowest BCUT2D eigenvalue weighted by atomic mass is 9.45. The molecule has 4 rings (SSSR count). The van der Waals surface area contributed by atoms with Crippen LogP contribution in [0.25, 0.3) is 0 Å². The Morgan fingerprint density at radius 2 is 1.72 bits per heavy atom. The molecule has 10 atom stereocenters. The van der Waals surface area contributed by atoms with Crippen LogP contribution in [0.2, 0.25) is 0 Å². The lowest BCUT2D eigenvalue weighted by Gasteiger charge is -2.62. The van der Waals surface area contributed by atoms with Gasteiger partial charge in [-0.25, -0.2) is 0 Å². The maximum Gasteiger partial charge on any atom is 0.102 e. The maximum atomic E-state index is 11.6. The Balaban J connectivity index is 1.60. The first-order valence-corrected chi connectivity index (χ1v) is 13.5. The molecule has 0 saturated heterocycles. The van der Waals surface area contributed by atoms with Gasteiger partial charge in [-0.2, -0.15) is 0 Å². The second-order valence-electron chi connectivity index (χ2n) is 12.7. The number of rotatable bonds is 5. The van der Waals surface area contributed by atoms with E-state index in [2.05, 4.69) is 53.7 Å². The van der Waals surface area contributed by atoms with Crippen LogP contribution in [0.4, 0.5) is 0 Å². The molecule has 3 saturated carbocycles. The first kappa shape index (κ1) is 24.5. The second-order valence-corrected chi connectivity index (χ2v) is 12.7. The van der Waals surface area contributed by atoms with E-state index in [1.54, 1.807) is 0 Å². The molecule has 0 radical (unpaired) electrons. The quantitative estimate of drug-likeness (QED) is 0.464. The molecule has 4 aliphatic carbocycles. The van der Waals surface area contributed by atoms with Crippen molar-refractivity contribution in [3.63, 3.8) is 0 Å². The summed E-state index contributed by atoms with van der Waals surface area (Å²) in [7, 11) is 0. The minimum absolute atomic E-state index is 0.269. The minimum Gasteiger partial charge on any atom is -0.393 e. The second kappa shape index (κ2) is 8.54. The standard InChI is InChI=1S/C29H48O3/c1-7-20(18(2)3)9-8-19(4)23-10-11-24-22-16-26(31)29(32)17-21(30)12-15-28(29,6)25(22)13-14-27(23,24)5/h8-9,16,18-21,23-26,30-32H,7,10-15,17H2,1-6H3/b9-8+/t19?,20?,21-,23+,24-,25-,26+,27+,28+,29-/m0/s1. The summed E-state index contributed by atoms with van der Waals surface area (Å²) in [5, 5.41) is 33.0. The van der Waals surface area contributed by atoms with Gasteiger partial charge in [0.25, 0.3) is 0 Å². The Kier molecular flexibility index (Phi) is 6.53. The molecular formula is C29H48O3. The van der Waals surface area contributed by atoms with E-state index in [1.165, 1.54) is 31.3 Å².